The maximum absolute atomic E-state index is 10.9. The minimum atomic E-state index is -0.0673. The first-order valence-electron chi connectivity index (χ1n) is 3.57. The lowest BCUT2D eigenvalue weighted by molar-refractivity contribution is -0.150. The van der Waals surface area contributed by atoms with E-state index < -0.39 is 0 Å². The summed E-state index contributed by atoms with van der Waals surface area (Å²) in [7, 11) is 1.44. The molecule has 0 aromatic rings. The van der Waals surface area contributed by atoms with Crippen molar-refractivity contribution in [1.29, 1.82) is 0 Å². The van der Waals surface area contributed by atoms with Crippen LogP contribution < -0.4 is 0 Å². The van der Waals surface area contributed by atoms with Crippen LogP contribution in [0.3, 0.4) is 0 Å². The third-order valence-corrected chi connectivity index (χ3v) is 2.43. The molecule has 0 aliphatic carbocycles. The maximum Gasteiger partial charge on any atom is 0.311 e. The zero-order valence-electron chi connectivity index (χ0n) is 6.87. The van der Waals surface area contributed by atoms with E-state index in [0.29, 0.717) is 0 Å². The van der Waals surface area contributed by atoms with Crippen molar-refractivity contribution >= 4 is 17.7 Å². The Balaban J connectivity index is 2.13. The SMILES string of the molecule is COC(=O)C1CN(CSC)C1. The van der Waals surface area contributed by atoms with Crippen LogP contribution in [0.25, 0.3) is 0 Å². The summed E-state index contributed by atoms with van der Waals surface area (Å²) in [5.74, 6) is 1.09. The zero-order chi connectivity index (χ0) is 8.27. The summed E-state index contributed by atoms with van der Waals surface area (Å²) in [6.07, 6.45) is 2.06. The molecule has 0 amide bonds. The molecule has 3 nitrogen and oxygen atoms in total. The quantitative estimate of drug-likeness (QED) is 0.581. The first kappa shape index (κ1) is 8.87. The molecule has 1 fully saturated rings. The van der Waals surface area contributed by atoms with Gasteiger partial charge in [0.15, 0.2) is 0 Å². The van der Waals surface area contributed by atoms with Gasteiger partial charge in [0.25, 0.3) is 0 Å². The molecule has 0 saturated carbocycles. The molecule has 0 aromatic heterocycles. The van der Waals surface area contributed by atoms with Crippen molar-refractivity contribution in [2.24, 2.45) is 5.92 Å². The fraction of sp³-hybridized carbons (Fsp3) is 0.857. The van der Waals surface area contributed by atoms with Gasteiger partial charge in [-0.1, -0.05) is 0 Å². The summed E-state index contributed by atoms with van der Waals surface area (Å²) in [5, 5.41) is 0. The van der Waals surface area contributed by atoms with Crippen LogP contribution in [0.1, 0.15) is 0 Å². The van der Waals surface area contributed by atoms with Crippen LogP contribution in [0.5, 0.6) is 0 Å². The fourth-order valence-corrected chi connectivity index (χ4v) is 1.75. The number of carbonyl (C=O) groups is 1. The van der Waals surface area contributed by atoms with Crippen LogP contribution in [-0.2, 0) is 9.53 Å². The molecule has 1 aliphatic heterocycles. The Morgan fingerprint density at radius 2 is 2.36 bits per heavy atom. The molecular weight excluding hydrogens is 162 g/mol. The van der Waals surface area contributed by atoms with Gasteiger partial charge in [0, 0.05) is 19.0 Å². The van der Waals surface area contributed by atoms with E-state index in [-0.39, 0.29) is 11.9 Å². The lowest BCUT2D eigenvalue weighted by atomic mass is 10.0. The molecule has 1 aliphatic rings. The first-order valence-corrected chi connectivity index (χ1v) is 4.96. The molecule has 0 atom stereocenters. The molecule has 1 rings (SSSR count). The average Bonchev–Trinajstić information content (AvgIpc) is 1.94. The summed E-state index contributed by atoms with van der Waals surface area (Å²) in [6, 6.07) is 0. The van der Waals surface area contributed by atoms with Crippen molar-refractivity contribution < 1.29 is 9.53 Å². The second kappa shape index (κ2) is 3.97. The predicted molar refractivity (Wildman–Crippen MR) is 45.5 cm³/mol. The normalized spacial score (nSPS) is 19.5. The first-order chi connectivity index (χ1) is 5.27. The summed E-state index contributed by atoms with van der Waals surface area (Å²) < 4.78 is 4.61. The molecule has 0 aromatic carbocycles. The molecule has 0 unspecified atom stereocenters. The van der Waals surface area contributed by atoms with E-state index in [2.05, 4.69) is 15.9 Å². The van der Waals surface area contributed by atoms with Gasteiger partial charge in [0.1, 0.15) is 0 Å². The number of esters is 1. The minimum absolute atomic E-state index is 0.0673. The number of likely N-dealkylation sites (tertiary alicyclic amines) is 1. The second-order valence-electron chi connectivity index (χ2n) is 2.67. The highest BCUT2D eigenvalue weighted by atomic mass is 32.2. The van der Waals surface area contributed by atoms with Crippen molar-refractivity contribution in [3.05, 3.63) is 0 Å². The number of hydrogen-bond acceptors (Lipinski definition) is 4. The smallest absolute Gasteiger partial charge is 0.311 e. The Kier molecular flexibility index (Phi) is 3.20. The van der Waals surface area contributed by atoms with Crippen molar-refractivity contribution in [2.45, 2.75) is 0 Å². The van der Waals surface area contributed by atoms with Gasteiger partial charge in [-0.25, -0.2) is 0 Å². The molecule has 64 valence electrons. The van der Waals surface area contributed by atoms with Crippen molar-refractivity contribution in [1.82, 2.24) is 4.90 Å². The Morgan fingerprint density at radius 3 is 2.82 bits per heavy atom. The number of methoxy groups -OCH3 is 1. The van der Waals surface area contributed by atoms with Crippen LogP contribution in [0.15, 0.2) is 0 Å². The van der Waals surface area contributed by atoms with Crippen molar-refractivity contribution in [2.75, 3.05) is 32.3 Å². The highest BCUT2D eigenvalue weighted by Crippen LogP contribution is 2.18. The number of ether oxygens (including phenoxy) is 1. The summed E-state index contributed by atoms with van der Waals surface area (Å²) >= 11 is 1.78. The molecule has 0 radical (unpaired) electrons. The molecule has 0 N–H and O–H groups in total. The molecule has 11 heavy (non-hydrogen) atoms. The number of carbonyl (C=O) groups excluding carboxylic acids is 1. The van der Waals surface area contributed by atoms with Crippen LogP contribution >= 0.6 is 11.8 Å². The van der Waals surface area contributed by atoms with Gasteiger partial charge in [0.2, 0.25) is 0 Å². The fourth-order valence-electron chi connectivity index (χ4n) is 1.17. The maximum atomic E-state index is 10.9. The molecule has 4 heteroatoms. The van der Waals surface area contributed by atoms with E-state index in [1.54, 1.807) is 11.8 Å². The van der Waals surface area contributed by atoms with E-state index in [4.69, 9.17) is 0 Å². The standard InChI is InChI=1S/C7H13NO2S/c1-10-7(9)6-3-8(4-6)5-11-2/h6H,3-5H2,1-2H3. The van der Waals surface area contributed by atoms with Gasteiger partial charge in [-0.3, -0.25) is 9.69 Å². The van der Waals surface area contributed by atoms with E-state index in [0.717, 1.165) is 19.0 Å². The Hall–Kier alpha value is -0.220. The Bertz CT molecular complexity index is 145. The monoisotopic (exact) mass is 175 g/mol. The van der Waals surface area contributed by atoms with Gasteiger partial charge < -0.3 is 4.74 Å². The Morgan fingerprint density at radius 1 is 1.73 bits per heavy atom. The molecule has 1 heterocycles. The Labute approximate surface area is 71.1 Å². The third-order valence-electron chi connectivity index (χ3n) is 1.80. The topological polar surface area (TPSA) is 29.5 Å². The van der Waals surface area contributed by atoms with Gasteiger partial charge in [-0.2, -0.15) is 0 Å². The summed E-state index contributed by atoms with van der Waals surface area (Å²) in [5.41, 5.74) is 0. The number of hydrogen-bond donors (Lipinski definition) is 0. The highest BCUT2D eigenvalue weighted by Gasteiger charge is 2.32. The third kappa shape index (κ3) is 2.10. The van der Waals surface area contributed by atoms with Gasteiger partial charge in [-0.05, 0) is 6.26 Å². The lowest BCUT2D eigenvalue weighted by Gasteiger charge is -2.36. The van der Waals surface area contributed by atoms with E-state index in [9.17, 15) is 4.79 Å². The van der Waals surface area contributed by atoms with E-state index >= 15 is 0 Å². The van der Waals surface area contributed by atoms with Crippen molar-refractivity contribution in [3.63, 3.8) is 0 Å². The van der Waals surface area contributed by atoms with E-state index in [1.807, 2.05) is 0 Å². The lowest BCUT2D eigenvalue weighted by Crippen LogP contribution is -2.50. The number of thioether (sulfide) groups is 1. The van der Waals surface area contributed by atoms with Crippen LogP contribution in [0, 0.1) is 5.92 Å². The van der Waals surface area contributed by atoms with Crippen LogP contribution in [0.2, 0.25) is 0 Å². The number of nitrogens with zero attached hydrogens (tertiary/aromatic N) is 1. The average molecular weight is 175 g/mol. The number of rotatable bonds is 3. The van der Waals surface area contributed by atoms with Gasteiger partial charge in [-0.15, -0.1) is 11.8 Å². The zero-order valence-corrected chi connectivity index (χ0v) is 7.69. The van der Waals surface area contributed by atoms with Gasteiger partial charge in [0.05, 0.1) is 13.0 Å². The van der Waals surface area contributed by atoms with E-state index in [1.165, 1.54) is 7.11 Å². The predicted octanol–water partition coefficient (Wildman–Crippen LogP) is 0.412. The van der Waals surface area contributed by atoms with Crippen molar-refractivity contribution in [3.8, 4) is 0 Å². The van der Waals surface area contributed by atoms with Crippen LogP contribution in [0.4, 0.5) is 0 Å². The van der Waals surface area contributed by atoms with Gasteiger partial charge >= 0.3 is 5.97 Å². The summed E-state index contributed by atoms with van der Waals surface area (Å²) in [6.45, 7) is 1.74. The highest BCUT2D eigenvalue weighted by molar-refractivity contribution is 7.98. The minimum Gasteiger partial charge on any atom is -0.469 e. The molecule has 0 bridgehead atoms. The van der Waals surface area contributed by atoms with Crippen LogP contribution in [-0.4, -0.2) is 43.2 Å². The largest absolute Gasteiger partial charge is 0.469 e. The summed E-state index contributed by atoms with van der Waals surface area (Å²) in [4.78, 5) is 13.1. The molecular formula is C7H13NO2S. The molecule has 1 saturated heterocycles. The second-order valence-corrected chi connectivity index (χ2v) is 3.51. The molecule has 0 spiro atoms.